The van der Waals surface area contributed by atoms with E-state index in [0.29, 0.717) is 5.82 Å². The number of benzene rings is 7. The van der Waals surface area contributed by atoms with Crippen molar-refractivity contribution >= 4 is 33.4 Å². The average Bonchev–Trinajstić information content (AvgIpc) is 3.58. The molecule has 1 atom stereocenters. The Hall–Kier alpha value is -6.88. The van der Waals surface area contributed by atoms with Crippen molar-refractivity contribution in [3.63, 3.8) is 0 Å². The summed E-state index contributed by atoms with van der Waals surface area (Å²) in [5, 5.41) is 3.52. The Bertz CT molecular complexity index is 3140. The van der Waals surface area contributed by atoms with Crippen LogP contribution >= 0.6 is 11.8 Å². The molecule has 3 aliphatic rings. The van der Waals surface area contributed by atoms with Crippen molar-refractivity contribution in [3.8, 4) is 56.3 Å². The summed E-state index contributed by atoms with van der Waals surface area (Å²) in [6.45, 7) is 0. The molecule has 0 N–H and O–H groups in total. The summed E-state index contributed by atoms with van der Waals surface area (Å²) < 4.78 is 0. The van der Waals surface area contributed by atoms with Crippen LogP contribution in [0.3, 0.4) is 0 Å². The molecule has 58 heavy (non-hydrogen) atoms. The third-order valence-electron chi connectivity index (χ3n) is 12.2. The Morgan fingerprint density at radius 1 is 0.466 bits per heavy atom. The van der Waals surface area contributed by atoms with E-state index >= 15 is 0 Å². The molecule has 3 heterocycles. The summed E-state index contributed by atoms with van der Waals surface area (Å²) in [6, 6.07) is 63.2. The van der Waals surface area contributed by atoms with Crippen LogP contribution in [0.1, 0.15) is 29.5 Å². The highest BCUT2D eigenvalue weighted by atomic mass is 32.2. The molecule has 0 amide bonds. The van der Waals surface area contributed by atoms with Gasteiger partial charge in [0.1, 0.15) is 0 Å². The lowest BCUT2D eigenvalue weighted by Gasteiger charge is -2.41. The van der Waals surface area contributed by atoms with E-state index in [1.807, 2.05) is 36.0 Å². The smallest absolute Gasteiger partial charge is 0.160 e. The number of fused-ring (bicyclic) bond motifs is 11. The summed E-state index contributed by atoms with van der Waals surface area (Å²) in [6.07, 6.45) is 6.95. The number of allylic oxidation sites excluding steroid dienone is 4. The zero-order valence-electron chi connectivity index (χ0n) is 31.6. The zero-order valence-corrected chi connectivity index (χ0v) is 32.4. The maximum atomic E-state index is 5.47. The maximum Gasteiger partial charge on any atom is 0.160 e. The third kappa shape index (κ3) is 4.98. The second kappa shape index (κ2) is 13.1. The highest BCUT2D eigenvalue weighted by Gasteiger charge is 2.51. The van der Waals surface area contributed by atoms with Gasteiger partial charge in [-0.2, -0.15) is 0 Å². The molecule has 1 unspecified atom stereocenters. The van der Waals surface area contributed by atoms with Crippen molar-refractivity contribution in [1.82, 2.24) is 15.0 Å². The SMILES string of the molecule is C1=CC2=C(CC1)Sc1ccccc1C21c2ccccc2-c2cc3c(-c4cccc(-c5cc(-c6ccccc6)nc(-c6ccccc6)n5)c4)nc4ccccc4c3cc21. The highest BCUT2D eigenvalue weighted by molar-refractivity contribution is 8.03. The molecule has 1 spiro atoms. The van der Waals surface area contributed by atoms with Crippen LogP contribution in [0.25, 0.3) is 78.0 Å². The molecule has 2 aliphatic carbocycles. The van der Waals surface area contributed by atoms with Gasteiger partial charge >= 0.3 is 0 Å². The Morgan fingerprint density at radius 3 is 2.02 bits per heavy atom. The molecule has 0 radical (unpaired) electrons. The van der Waals surface area contributed by atoms with E-state index in [4.69, 9.17) is 15.0 Å². The van der Waals surface area contributed by atoms with Crippen LogP contribution in [-0.2, 0) is 5.41 Å². The fourth-order valence-electron chi connectivity index (χ4n) is 9.64. The lowest BCUT2D eigenvalue weighted by atomic mass is 9.65. The van der Waals surface area contributed by atoms with E-state index in [2.05, 4.69) is 164 Å². The molecule has 0 bridgehead atoms. The van der Waals surface area contributed by atoms with Gasteiger partial charge in [0.05, 0.1) is 28.0 Å². The normalized spacial score (nSPS) is 16.3. The first kappa shape index (κ1) is 33.3. The van der Waals surface area contributed by atoms with E-state index in [1.54, 1.807) is 0 Å². The largest absolute Gasteiger partial charge is 0.247 e. The predicted molar refractivity (Wildman–Crippen MR) is 240 cm³/mol. The van der Waals surface area contributed by atoms with E-state index in [-0.39, 0.29) is 0 Å². The molecule has 1 aliphatic heterocycles. The highest BCUT2D eigenvalue weighted by Crippen LogP contribution is 2.64. The molecular formula is C54H35N3S. The number of hydrogen-bond donors (Lipinski definition) is 0. The molecule has 2 aromatic heterocycles. The topological polar surface area (TPSA) is 38.7 Å². The van der Waals surface area contributed by atoms with Crippen LogP contribution in [0.2, 0.25) is 0 Å². The van der Waals surface area contributed by atoms with Gasteiger partial charge in [-0.3, -0.25) is 0 Å². The summed E-state index contributed by atoms with van der Waals surface area (Å²) in [5.74, 6) is 0.702. The van der Waals surface area contributed by atoms with Crippen LogP contribution in [0.4, 0.5) is 0 Å². The minimum absolute atomic E-state index is 0.404. The maximum absolute atomic E-state index is 5.47. The Kier molecular flexibility index (Phi) is 7.51. The quantitative estimate of drug-likeness (QED) is 0.168. The van der Waals surface area contributed by atoms with Crippen LogP contribution in [0.15, 0.2) is 203 Å². The summed E-state index contributed by atoms with van der Waals surface area (Å²) in [7, 11) is 0. The van der Waals surface area contributed by atoms with Gasteiger partial charge in [0, 0.05) is 37.9 Å². The molecule has 4 heteroatoms. The lowest BCUT2D eigenvalue weighted by molar-refractivity contribution is 0.724. The van der Waals surface area contributed by atoms with Gasteiger partial charge in [0.15, 0.2) is 5.82 Å². The van der Waals surface area contributed by atoms with Crippen molar-refractivity contribution in [3.05, 3.63) is 215 Å². The molecular weight excluding hydrogens is 723 g/mol. The van der Waals surface area contributed by atoms with Crippen LogP contribution < -0.4 is 0 Å². The molecule has 0 fully saturated rings. The number of pyridine rings is 1. The van der Waals surface area contributed by atoms with Crippen LogP contribution in [-0.4, -0.2) is 15.0 Å². The first-order valence-electron chi connectivity index (χ1n) is 20.0. The number of thioether (sulfide) groups is 1. The number of nitrogens with zero attached hydrogens (tertiary/aromatic N) is 3. The summed E-state index contributed by atoms with van der Waals surface area (Å²) in [4.78, 5) is 18.5. The minimum atomic E-state index is -0.404. The van der Waals surface area contributed by atoms with Crippen molar-refractivity contribution in [2.45, 2.75) is 23.2 Å². The third-order valence-corrected chi connectivity index (χ3v) is 13.4. The first-order chi connectivity index (χ1) is 28.7. The van der Waals surface area contributed by atoms with Gasteiger partial charge in [-0.25, -0.2) is 15.0 Å². The second-order valence-electron chi connectivity index (χ2n) is 15.4. The molecule has 3 nitrogen and oxygen atoms in total. The van der Waals surface area contributed by atoms with Crippen LogP contribution in [0.5, 0.6) is 0 Å². The molecule has 12 rings (SSSR count). The summed E-state index contributed by atoms with van der Waals surface area (Å²) >= 11 is 1.96. The van der Waals surface area contributed by atoms with E-state index in [1.165, 1.54) is 48.6 Å². The molecule has 7 aromatic carbocycles. The van der Waals surface area contributed by atoms with E-state index < -0.39 is 5.41 Å². The van der Waals surface area contributed by atoms with Gasteiger partial charge in [-0.15, -0.1) is 0 Å². The molecule has 0 saturated heterocycles. The molecule has 272 valence electrons. The van der Waals surface area contributed by atoms with Gasteiger partial charge in [0.25, 0.3) is 0 Å². The average molecular weight is 758 g/mol. The Labute approximate surface area is 341 Å². The van der Waals surface area contributed by atoms with Crippen LogP contribution in [0, 0.1) is 0 Å². The van der Waals surface area contributed by atoms with Crippen molar-refractivity contribution in [2.75, 3.05) is 0 Å². The Morgan fingerprint density at radius 2 is 1.16 bits per heavy atom. The van der Waals surface area contributed by atoms with Gasteiger partial charge in [-0.05, 0) is 92.9 Å². The number of hydrogen-bond acceptors (Lipinski definition) is 4. The van der Waals surface area contributed by atoms with Gasteiger partial charge < -0.3 is 0 Å². The zero-order chi connectivity index (χ0) is 38.2. The first-order valence-corrected chi connectivity index (χ1v) is 20.8. The molecule has 9 aromatic rings. The number of rotatable bonds is 4. The number of aromatic nitrogens is 3. The fourth-order valence-corrected chi connectivity index (χ4v) is 10.9. The van der Waals surface area contributed by atoms with Gasteiger partial charge in [-0.1, -0.05) is 163 Å². The van der Waals surface area contributed by atoms with E-state index in [9.17, 15) is 0 Å². The van der Waals surface area contributed by atoms with Crippen molar-refractivity contribution in [1.29, 1.82) is 0 Å². The van der Waals surface area contributed by atoms with Crippen molar-refractivity contribution in [2.24, 2.45) is 0 Å². The monoisotopic (exact) mass is 757 g/mol. The molecule has 0 saturated carbocycles. The lowest BCUT2D eigenvalue weighted by Crippen LogP contribution is -2.33. The fraction of sp³-hybridized carbons (Fsp3) is 0.0556. The summed E-state index contributed by atoms with van der Waals surface area (Å²) in [5.41, 5.74) is 15.5. The minimum Gasteiger partial charge on any atom is -0.247 e. The van der Waals surface area contributed by atoms with E-state index in [0.717, 1.165) is 68.5 Å². The van der Waals surface area contributed by atoms with Crippen molar-refractivity contribution < 1.29 is 0 Å². The van der Waals surface area contributed by atoms with Gasteiger partial charge in [0.2, 0.25) is 0 Å². The number of para-hydroxylation sites is 1. The predicted octanol–water partition coefficient (Wildman–Crippen LogP) is 13.9. The Balaban J connectivity index is 1.11. The second-order valence-corrected chi connectivity index (χ2v) is 16.5. The standard InChI is InChI=1S/C54H35N3S/c1-3-16-34(17-4-1)48-33-49(57-53(56-48)35-18-5-2-6-19-35)36-20-15-21-37(30-36)52-42-31-41-38-22-7-9-24-43(38)54(46(41)32-40(42)39-23-8-12-27-47(39)55-52)44-25-10-13-28-50(44)58-51-29-14-11-26-45(51)54/h1-13,15-28,30-33H,14,29H2.